The maximum atomic E-state index is 9.55. The summed E-state index contributed by atoms with van der Waals surface area (Å²) in [5, 5.41) is 33.6. The monoisotopic (exact) mass is 328 g/mol. The SMILES string of the molecule is O=C(O)CCS.O=C(O)CCS.OC1(O)CCCCC1. The van der Waals surface area contributed by atoms with Gasteiger partial charge in [0.15, 0.2) is 5.79 Å². The van der Waals surface area contributed by atoms with Crippen molar-refractivity contribution in [3.8, 4) is 0 Å². The molecule has 4 N–H and O–H groups in total. The summed E-state index contributed by atoms with van der Waals surface area (Å²) in [6.45, 7) is 0. The van der Waals surface area contributed by atoms with Crippen molar-refractivity contribution < 1.29 is 30.0 Å². The molecule has 0 saturated heterocycles. The molecule has 0 heterocycles. The van der Waals surface area contributed by atoms with Crippen molar-refractivity contribution in [1.82, 2.24) is 0 Å². The average Bonchev–Trinajstić information content (AvgIpc) is 2.29. The molecule has 1 saturated carbocycles. The van der Waals surface area contributed by atoms with Gasteiger partial charge in [-0.05, 0) is 12.8 Å². The zero-order chi connectivity index (χ0) is 16.0. The van der Waals surface area contributed by atoms with Crippen LogP contribution in [0.3, 0.4) is 0 Å². The molecule has 1 rings (SSSR count). The van der Waals surface area contributed by atoms with Gasteiger partial charge >= 0.3 is 11.9 Å². The van der Waals surface area contributed by atoms with Crippen LogP contribution >= 0.6 is 25.3 Å². The fourth-order valence-electron chi connectivity index (χ4n) is 1.31. The molecule has 1 aliphatic carbocycles. The Morgan fingerprint density at radius 2 is 1.20 bits per heavy atom. The third kappa shape index (κ3) is 19.9. The molecule has 0 atom stereocenters. The summed E-state index contributed by atoms with van der Waals surface area (Å²) in [5.74, 6) is -2.04. The Balaban J connectivity index is 0. The van der Waals surface area contributed by atoms with Crippen molar-refractivity contribution in [2.24, 2.45) is 0 Å². The first kappa shape index (κ1) is 21.9. The summed E-state index contributed by atoms with van der Waals surface area (Å²) in [4.78, 5) is 19.1. The molecule has 0 radical (unpaired) electrons. The van der Waals surface area contributed by atoms with E-state index in [2.05, 4.69) is 25.3 Å². The first-order chi connectivity index (χ1) is 9.25. The van der Waals surface area contributed by atoms with E-state index in [-0.39, 0.29) is 12.8 Å². The van der Waals surface area contributed by atoms with E-state index in [1.165, 1.54) is 0 Å². The van der Waals surface area contributed by atoms with Crippen LogP contribution in [0.1, 0.15) is 44.9 Å². The van der Waals surface area contributed by atoms with E-state index in [0.29, 0.717) is 24.3 Å². The third-order valence-corrected chi connectivity index (χ3v) is 2.75. The number of thiol groups is 2. The third-order valence-electron chi connectivity index (χ3n) is 2.31. The maximum absolute atomic E-state index is 9.55. The second-order valence-electron chi connectivity index (χ2n) is 4.28. The zero-order valence-corrected chi connectivity index (χ0v) is 13.2. The highest BCUT2D eigenvalue weighted by Gasteiger charge is 2.24. The smallest absolute Gasteiger partial charge is 0.304 e. The van der Waals surface area contributed by atoms with Crippen LogP contribution in [-0.2, 0) is 9.59 Å². The Hall–Kier alpha value is -0.440. The van der Waals surface area contributed by atoms with Crippen molar-refractivity contribution in [3.63, 3.8) is 0 Å². The molecule has 0 bridgehead atoms. The molecule has 0 amide bonds. The summed E-state index contributed by atoms with van der Waals surface area (Å²) < 4.78 is 0. The second-order valence-corrected chi connectivity index (χ2v) is 5.17. The van der Waals surface area contributed by atoms with Gasteiger partial charge in [-0.1, -0.05) is 6.42 Å². The highest BCUT2D eigenvalue weighted by Crippen LogP contribution is 2.24. The van der Waals surface area contributed by atoms with Gasteiger partial charge in [-0.15, -0.1) is 0 Å². The average molecular weight is 328 g/mol. The van der Waals surface area contributed by atoms with E-state index in [0.717, 1.165) is 19.3 Å². The van der Waals surface area contributed by atoms with Gasteiger partial charge in [0.25, 0.3) is 0 Å². The van der Waals surface area contributed by atoms with Crippen LogP contribution < -0.4 is 0 Å². The maximum Gasteiger partial charge on any atom is 0.304 e. The quantitative estimate of drug-likeness (QED) is 0.343. The van der Waals surface area contributed by atoms with E-state index < -0.39 is 17.7 Å². The van der Waals surface area contributed by atoms with E-state index in [1.54, 1.807) is 0 Å². The van der Waals surface area contributed by atoms with Gasteiger partial charge in [0.05, 0.1) is 12.8 Å². The molecule has 0 aromatic carbocycles. The molecule has 0 aromatic heterocycles. The molecule has 20 heavy (non-hydrogen) atoms. The molecule has 0 unspecified atom stereocenters. The lowest BCUT2D eigenvalue weighted by molar-refractivity contribution is -0.180. The number of carboxylic acid groups (broad SMARTS) is 2. The number of aliphatic carboxylic acids is 2. The Labute approximate surface area is 130 Å². The van der Waals surface area contributed by atoms with Crippen molar-refractivity contribution >= 4 is 37.2 Å². The van der Waals surface area contributed by atoms with Gasteiger partial charge in [-0.25, -0.2) is 0 Å². The van der Waals surface area contributed by atoms with Crippen molar-refractivity contribution in [3.05, 3.63) is 0 Å². The lowest BCUT2D eigenvalue weighted by Crippen LogP contribution is -2.30. The first-order valence-corrected chi connectivity index (χ1v) is 7.61. The minimum atomic E-state index is -1.32. The highest BCUT2D eigenvalue weighted by atomic mass is 32.1. The molecule has 0 aliphatic heterocycles. The van der Waals surface area contributed by atoms with Gasteiger partial charge < -0.3 is 20.4 Å². The second kappa shape index (κ2) is 13.5. The van der Waals surface area contributed by atoms with E-state index >= 15 is 0 Å². The lowest BCUT2D eigenvalue weighted by atomic mass is 9.95. The van der Waals surface area contributed by atoms with Crippen molar-refractivity contribution in [2.75, 3.05) is 11.5 Å². The molecule has 6 nitrogen and oxygen atoms in total. The predicted molar refractivity (Wildman–Crippen MR) is 82.5 cm³/mol. The minimum absolute atomic E-state index is 0.156. The largest absolute Gasteiger partial charge is 0.481 e. The van der Waals surface area contributed by atoms with Crippen LogP contribution in [-0.4, -0.2) is 49.7 Å². The fraction of sp³-hybridized carbons (Fsp3) is 0.833. The molecular formula is C12H24O6S2. The van der Waals surface area contributed by atoms with E-state index in [9.17, 15) is 9.59 Å². The zero-order valence-electron chi connectivity index (χ0n) is 11.4. The molecule has 0 spiro atoms. The lowest BCUT2D eigenvalue weighted by Gasteiger charge is -2.25. The molecule has 120 valence electrons. The van der Waals surface area contributed by atoms with Crippen molar-refractivity contribution in [2.45, 2.75) is 50.7 Å². The van der Waals surface area contributed by atoms with Crippen LogP contribution in [0.4, 0.5) is 0 Å². The number of carbonyl (C=O) groups is 2. The summed E-state index contributed by atoms with van der Waals surface area (Å²) >= 11 is 7.36. The molecular weight excluding hydrogens is 304 g/mol. The summed E-state index contributed by atoms with van der Waals surface area (Å²) in [5.41, 5.74) is 0. The molecule has 1 fully saturated rings. The van der Waals surface area contributed by atoms with Crippen molar-refractivity contribution in [1.29, 1.82) is 0 Å². The van der Waals surface area contributed by atoms with Crippen LogP contribution in [0, 0.1) is 0 Å². The van der Waals surface area contributed by atoms with Crippen LogP contribution in [0.5, 0.6) is 0 Å². The fourth-order valence-corrected chi connectivity index (χ4v) is 1.69. The Morgan fingerprint density at radius 1 is 0.850 bits per heavy atom. The van der Waals surface area contributed by atoms with Gasteiger partial charge in [-0.2, -0.15) is 25.3 Å². The number of aliphatic hydroxyl groups is 2. The van der Waals surface area contributed by atoms with Crippen LogP contribution in [0.2, 0.25) is 0 Å². The Morgan fingerprint density at radius 3 is 1.30 bits per heavy atom. The Bertz CT molecular complexity index is 247. The van der Waals surface area contributed by atoms with Crippen LogP contribution in [0.15, 0.2) is 0 Å². The summed E-state index contributed by atoms with van der Waals surface area (Å²) in [6.07, 6.45) is 4.52. The summed E-state index contributed by atoms with van der Waals surface area (Å²) in [6, 6.07) is 0. The predicted octanol–water partition coefficient (Wildman–Crippen LogP) is 1.41. The number of hydrogen-bond acceptors (Lipinski definition) is 6. The number of carboxylic acids is 2. The normalized spacial score (nSPS) is 16.0. The molecule has 8 heteroatoms. The number of hydrogen-bond donors (Lipinski definition) is 6. The van der Waals surface area contributed by atoms with Gasteiger partial charge in [-0.3, -0.25) is 9.59 Å². The standard InChI is InChI=1S/C6H12O2.2C3H6O2S/c7-6(8)4-2-1-3-5-6;2*4-3(5)1-2-6/h7-8H,1-5H2;2*6H,1-2H2,(H,4,5). The minimum Gasteiger partial charge on any atom is -0.481 e. The topological polar surface area (TPSA) is 115 Å². The first-order valence-electron chi connectivity index (χ1n) is 6.35. The van der Waals surface area contributed by atoms with Crippen LogP contribution in [0.25, 0.3) is 0 Å². The number of rotatable bonds is 4. The van der Waals surface area contributed by atoms with E-state index in [4.69, 9.17) is 20.4 Å². The van der Waals surface area contributed by atoms with Gasteiger partial charge in [0.1, 0.15) is 0 Å². The van der Waals surface area contributed by atoms with E-state index in [1.807, 2.05) is 0 Å². The van der Waals surface area contributed by atoms with Gasteiger partial charge in [0, 0.05) is 24.3 Å². The van der Waals surface area contributed by atoms with Gasteiger partial charge in [0.2, 0.25) is 0 Å². The summed E-state index contributed by atoms with van der Waals surface area (Å²) in [7, 11) is 0. The highest BCUT2D eigenvalue weighted by molar-refractivity contribution is 7.80. The Kier molecular flexibility index (Phi) is 14.8. The molecule has 1 aliphatic rings. The molecule has 0 aromatic rings.